The van der Waals surface area contributed by atoms with Crippen LogP contribution in [0.4, 0.5) is 0 Å². The summed E-state index contributed by atoms with van der Waals surface area (Å²) in [6, 6.07) is 3.64. The number of halogens is 1. The van der Waals surface area contributed by atoms with E-state index in [-0.39, 0.29) is 36.2 Å². The highest BCUT2D eigenvalue weighted by Gasteiger charge is 2.41. The third-order valence-electron chi connectivity index (χ3n) is 5.04. The summed E-state index contributed by atoms with van der Waals surface area (Å²) in [7, 11) is 1.25. The zero-order chi connectivity index (χ0) is 22.3. The van der Waals surface area contributed by atoms with Crippen molar-refractivity contribution in [1.29, 1.82) is 0 Å². The number of rotatable bonds is 7. The van der Waals surface area contributed by atoms with Crippen LogP contribution in [0.15, 0.2) is 18.2 Å². The molecule has 1 saturated carbocycles. The molecule has 0 saturated heterocycles. The van der Waals surface area contributed by atoms with Crippen LogP contribution in [0.2, 0.25) is 0 Å². The number of esters is 3. The summed E-state index contributed by atoms with van der Waals surface area (Å²) in [5.41, 5.74) is 3.92. The van der Waals surface area contributed by atoms with Crippen molar-refractivity contribution in [3.05, 3.63) is 23.8 Å². The van der Waals surface area contributed by atoms with Crippen molar-refractivity contribution >= 4 is 23.8 Å². The average Bonchev–Trinajstić information content (AvgIpc) is 2.68. The van der Waals surface area contributed by atoms with Gasteiger partial charge in [0.1, 0.15) is 6.04 Å². The molecule has 31 heavy (non-hydrogen) atoms. The Labute approximate surface area is 187 Å². The van der Waals surface area contributed by atoms with Crippen LogP contribution < -0.4 is 32.9 Å². The predicted octanol–water partition coefficient (Wildman–Crippen LogP) is -2.31. The number of carbonyl (C=O) groups excluding carboxylic acids is 4. The van der Waals surface area contributed by atoms with E-state index in [9.17, 15) is 19.2 Å². The molecular weight excluding hydrogens is 428 g/mol. The molecule has 0 radical (unpaired) electrons. The fourth-order valence-electron chi connectivity index (χ4n) is 3.49. The van der Waals surface area contributed by atoms with E-state index in [2.05, 4.69) is 11.1 Å². The zero-order valence-electron chi connectivity index (χ0n) is 18.0. The molecule has 1 aliphatic rings. The molecule has 4 N–H and O–H groups in total. The topological polar surface area (TPSA) is 136 Å². The summed E-state index contributed by atoms with van der Waals surface area (Å²) >= 11 is 0. The van der Waals surface area contributed by atoms with Gasteiger partial charge in [-0.1, -0.05) is 12.5 Å². The van der Waals surface area contributed by atoms with Crippen LogP contribution in [0.5, 0.6) is 11.5 Å². The van der Waals surface area contributed by atoms with Crippen molar-refractivity contribution < 1.29 is 51.5 Å². The fraction of sp³-hybridized carbons (Fsp3) is 0.524. The number of amides is 1. The second kappa shape index (κ2) is 11.7. The van der Waals surface area contributed by atoms with E-state index >= 15 is 0 Å². The third kappa shape index (κ3) is 7.52. The van der Waals surface area contributed by atoms with E-state index in [1.54, 1.807) is 6.07 Å². The van der Waals surface area contributed by atoms with Gasteiger partial charge < -0.3 is 37.7 Å². The first kappa shape index (κ1) is 26.4. The Hall–Kier alpha value is -2.65. The van der Waals surface area contributed by atoms with Crippen molar-refractivity contribution in [2.75, 3.05) is 7.11 Å². The Balaban J connectivity index is 0.00000480. The number of carbonyl (C=O) groups is 4. The third-order valence-corrected chi connectivity index (χ3v) is 5.04. The van der Waals surface area contributed by atoms with Crippen LogP contribution in [0.3, 0.4) is 0 Å². The van der Waals surface area contributed by atoms with Gasteiger partial charge in [0.2, 0.25) is 0 Å². The highest BCUT2D eigenvalue weighted by atomic mass is 35.5. The van der Waals surface area contributed by atoms with Gasteiger partial charge in [-0.2, -0.15) is 0 Å². The molecule has 1 aliphatic carbocycles. The van der Waals surface area contributed by atoms with E-state index in [0.717, 1.165) is 19.3 Å². The summed E-state index contributed by atoms with van der Waals surface area (Å²) in [6.45, 7) is 2.45. The van der Waals surface area contributed by atoms with Gasteiger partial charge in [0.15, 0.2) is 17.0 Å². The Morgan fingerprint density at radius 3 is 2.16 bits per heavy atom. The molecule has 0 aliphatic heterocycles. The Morgan fingerprint density at radius 2 is 1.61 bits per heavy atom. The minimum atomic E-state index is -0.937. The molecule has 1 atom stereocenters. The SMILES string of the molecule is COC(=O)[C@H](Cc1ccc(OC(C)=O)c(OC(C)=O)c1)NC(=O)C1([NH3+])CCCCC1.[Cl-]. The zero-order valence-corrected chi connectivity index (χ0v) is 18.8. The summed E-state index contributed by atoms with van der Waals surface area (Å²) in [6.07, 6.45) is 4.34. The van der Waals surface area contributed by atoms with Crippen LogP contribution in [0.1, 0.15) is 51.5 Å². The largest absolute Gasteiger partial charge is 1.00 e. The number of hydrogen-bond acceptors (Lipinski definition) is 7. The first-order chi connectivity index (χ1) is 14.1. The minimum absolute atomic E-state index is 0. The van der Waals surface area contributed by atoms with Crippen LogP contribution in [0.25, 0.3) is 0 Å². The highest BCUT2D eigenvalue weighted by molar-refractivity contribution is 5.89. The molecule has 10 heteroatoms. The van der Waals surface area contributed by atoms with Crippen LogP contribution in [-0.4, -0.2) is 42.5 Å². The standard InChI is InChI=1S/C21H28N2O7.ClH/c1-13(24)29-17-8-7-15(12-18(17)30-14(2)25)11-16(19(26)28-3)23-20(27)21(22)9-5-4-6-10-21;/h7-8,12,16H,4-6,9-11,22H2,1-3H3,(H,23,27);1H/t16-;/m0./s1. The van der Waals surface area contributed by atoms with Gasteiger partial charge in [-0.3, -0.25) is 14.4 Å². The highest BCUT2D eigenvalue weighted by Crippen LogP contribution is 2.30. The quantitative estimate of drug-likeness (QED) is 0.347. The van der Waals surface area contributed by atoms with E-state index in [1.165, 1.54) is 33.1 Å². The molecule has 0 bridgehead atoms. The molecule has 1 amide bonds. The lowest BCUT2D eigenvalue weighted by Gasteiger charge is -2.30. The van der Waals surface area contributed by atoms with Crippen LogP contribution in [-0.2, 0) is 30.3 Å². The van der Waals surface area contributed by atoms with Gasteiger partial charge in [-0.25, -0.2) is 4.79 Å². The molecule has 2 rings (SSSR count). The molecule has 172 valence electrons. The molecular formula is C21H29ClN2O7. The molecule has 0 heterocycles. The molecule has 0 aromatic heterocycles. The van der Waals surface area contributed by atoms with Gasteiger partial charge >= 0.3 is 17.9 Å². The maximum atomic E-state index is 12.8. The van der Waals surface area contributed by atoms with Crippen LogP contribution >= 0.6 is 0 Å². The lowest BCUT2D eigenvalue weighted by atomic mass is 9.81. The van der Waals surface area contributed by atoms with E-state index in [4.69, 9.17) is 14.2 Å². The van der Waals surface area contributed by atoms with Gasteiger partial charge in [0, 0.05) is 33.1 Å². The molecule has 1 aromatic carbocycles. The van der Waals surface area contributed by atoms with Gasteiger partial charge in [-0.15, -0.1) is 0 Å². The van der Waals surface area contributed by atoms with Gasteiger partial charge in [-0.05, 0) is 30.5 Å². The number of benzene rings is 1. The molecule has 1 fully saturated rings. The van der Waals surface area contributed by atoms with Crippen molar-refractivity contribution in [2.45, 2.75) is 64.0 Å². The Kier molecular flexibility index (Phi) is 9.93. The van der Waals surface area contributed by atoms with E-state index < -0.39 is 29.5 Å². The molecule has 0 unspecified atom stereocenters. The van der Waals surface area contributed by atoms with Crippen molar-refractivity contribution in [2.24, 2.45) is 0 Å². The smallest absolute Gasteiger partial charge is 0.328 e. The van der Waals surface area contributed by atoms with Crippen molar-refractivity contribution in [1.82, 2.24) is 5.32 Å². The lowest BCUT2D eigenvalue weighted by Crippen LogP contribution is -3.00. The number of nitrogens with one attached hydrogen (secondary N) is 1. The second-order valence-electron chi connectivity index (χ2n) is 7.56. The number of ether oxygens (including phenoxy) is 3. The summed E-state index contributed by atoms with van der Waals surface area (Å²) in [5, 5.41) is 2.76. The normalized spacial score (nSPS) is 15.6. The molecule has 9 nitrogen and oxygen atoms in total. The maximum Gasteiger partial charge on any atom is 0.328 e. The monoisotopic (exact) mass is 456 g/mol. The fourth-order valence-corrected chi connectivity index (χ4v) is 3.49. The van der Waals surface area contributed by atoms with Crippen molar-refractivity contribution in [3.8, 4) is 11.5 Å². The molecule has 0 spiro atoms. The summed E-state index contributed by atoms with van der Waals surface area (Å²) in [4.78, 5) is 47.8. The number of quaternary nitrogens is 1. The summed E-state index contributed by atoms with van der Waals surface area (Å²) < 4.78 is 15.0. The lowest BCUT2D eigenvalue weighted by molar-refractivity contribution is -0.464. The van der Waals surface area contributed by atoms with Gasteiger partial charge in [0.05, 0.1) is 7.11 Å². The predicted molar refractivity (Wildman–Crippen MR) is 105 cm³/mol. The first-order valence-electron chi connectivity index (χ1n) is 9.88. The van der Waals surface area contributed by atoms with E-state index in [0.29, 0.717) is 18.4 Å². The van der Waals surface area contributed by atoms with Gasteiger partial charge in [0.25, 0.3) is 5.91 Å². The Bertz CT molecular complexity index is 822. The molecule has 1 aromatic rings. The minimum Gasteiger partial charge on any atom is -1.00 e. The Morgan fingerprint density at radius 1 is 1.03 bits per heavy atom. The summed E-state index contributed by atoms with van der Waals surface area (Å²) in [5.74, 6) is -1.90. The second-order valence-corrected chi connectivity index (χ2v) is 7.56. The van der Waals surface area contributed by atoms with Crippen molar-refractivity contribution in [3.63, 3.8) is 0 Å². The average molecular weight is 457 g/mol. The first-order valence-corrected chi connectivity index (χ1v) is 9.88. The number of methoxy groups -OCH3 is 1. The number of hydrogen-bond donors (Lipinski definition) is 2. The van der Waals surface area contributed by atoms with E-state index in [1.807, 2.05) is 0 Å². The maximum absolute atomic E-state index is 12.8. The van der Waals surface area contributed by atoms with Crippen LogP contribution in [0, 0.1) is 0 Å².